The van der Waals surface area contributed by atoms with Gasteiger partial charge >= 0.3 is 0 Å². The molecule has 6 aliphatic rings. The smallest absolute Gasteiger partial charge is 0.240 e. The molecule has 0 spiro atoms. The maximum Gasteiger partial charge on any atom is 0.240 e. The van der Waals surface area contributed by atoms with E-state index in [0.717, 1.165) is 132 Å². The molecular weight excluding hydrogens is 1380 g/mol. The van der Waals surface area contributed by atoms with E-state index in [1.165, 1.54) is 178 Å². The number of likely N-dealkylation sites (N-methyl/N-ethyl adjacent to an activating group) is 4. The Kier molecular flexibility index (Phi) is 42.2. The summed E-state index contributed by atoms with van der Waals surface area (Å²) in [6.45, 7) is 60.5. The first-order valence-electron chi connectivity index (χ1n) is 44.5. The number of thioether (sulfide) groups is 1. The van der Waals surface area contributed by atoms with Crippen LogP contribution >= 0.6 is 11.8 Å². The Labute approximate surface area is 683 Å². The molecule has 6 saturated heterocycles. The van der Waals surface area contributed by atoms with E-state index in [0.29, 0.717) is 24.0 Å². The lowest BCUT2D eigenvalue weighted by Gasteiger charge is -2.35. The Morgan fingerprint density at radius 1 is 0.423 bits per heavy atom. The normalized spacial score (nSPS) is 19.5. The topological polar surface area (TPSA) is 81.8 Å². The van der Waals surface area contributed by atoms with E-state index in [1.807, 2.05) is 4.90 Å². The summed E-state index contributed by atoms with van der Waals surface area (Å²) in [6.07, 6.45) is 16.3. The van der Waals surface area contributed by atoms with Crippen LogP contribution in [0.15, 0.2) is 146 Å². The number of piperidine rings is 3. The number of hydrogen-bond acceptors (Lipinski definition) is 11. The van der Waals surface area contributed by atoms with Crippen LogP contribution in [0.2, 0.25) is 0 Å². The van der Waals surface area contributed by atoms with Gasteiger partial charge in [-0.05, 0) is 278 Å². The minimum atomic E-state index is 0.00167. The van der Waals surface area contributed by atoms with E-state index in [4.69, 9.17) is 4.74 Å². The van der Waals surface area contributed by atoms with Crippen LogP contribution in [0.3, 0.4) is 0 Å². The van der Waals surface area contributed by atoms with Gasteiger partial charge in [-0.15, -0.1) is 11.8 Å². The second kappa shape index (κ2) is 50.6. The molecule has 0 radical (unpaired) electrons. The van der Waals surface area contributed by atoms with Crippen LogP contribution < -0.4 is 25.8 Å². The summed E-state index contributed by atoms with van der Waals surface area (Å²) in [5, 5.41) is 10.6. The predicted octanol–water partition coefficient (Wildman–Crippen LogP) is 21.2. The molecule has 6 heterocycles. The number of ether oxygens (including phenoxy) is 1. The molecule has 616 valence electrons. The fourth-order valence-electron chi connectivity index (χ4n) is 16.7. The van der Waals surface area contributed by atoms with Crippen molar-refractivity contribution in [2.24, 2.45) is 35.5 Å². The van der Waals surface area contributed by atoms with Crippen LogP contribution in [0.4, 0.5) is 17.1 Å². The van der Waals surface area contributed by atoms with E-state index >= 15 is 0 Å². The minimum Gasteiger partial charge on any atom is -0.382 e. The van der Waals surface area contributed by atoms with E-state index in [2.05, 4.69) is 311 Å². The molecule has 111 heavy (non-hydrogen) atoms. The summed E-state index contributed by atoms with van der Waals surface area (Å²) in [5.41, 5.74) is 16.7. The highest BCUT2D eigenvalue weighted by atomic mass is 32.2. The quantitative estimate of drug-likeness (QED) is 0.0461. The monoisotopic (exact) mass is 1540 g/mol. The first kappa shape index (κ1) is 92.5. The average molecular weight is 1540 g/mol. The number of carbonyl (C=O) groups excluding carboxylic acids is 1. The fraction of sp³-hybridized carbons (Fsp3) is 0.626. The lowest BCUT2D eigenvalue weighted by atomic mass is 9.95. The summed E-state index contributed by atoms with van der Waals surface area (Å²) < 4.78 is 5.88. The largest absolute Gasteiger partial charge is 0.382 e. The molecule has 12 heteroatoms. The Morgan fingerprint density at radius 2 is 0.838 bits per heavy atom. The lowest BCUT2D eigenvalue weighted by molar-refractivity contribution is -0.130. The number of carbonyl (C=O) groups is 1. The second-order valence-electron chi connectivity index (χ2n) is 35.0. The first-order chi connectivity index (χ1) is 53.6. The van der Waals surface area contributed by atoms with Crippen molar-refractivity contribution in [1.82, 2.24) is 30.2 Å². The Hall–Kier alpha value is -5.70. The molecule has 0 bridgehead atoms. The van der Waals surface area contributed by atoms with E-state index in [9.17, 15) is 4.79 Å². The van der Waals surface area contributed by atoms with Gasteiger partial charge in [0.1, 0.15) is 5.25 Å². The van der Waals surface area contributed by atoms with Crippen molar-refractivity contribution in [1.29, 1.82) is 0 Å². The molecule has 11 nitrogen and oxygen atoms in total. The molecule has 6 aromatic rings. The third-order valence-corrected chi connectivity index (χ3v) is 24.1. The predicted molar refractivity (Wildman–Crippen MR) is 484 cm³/mol. The van der Waals surface area contributed by atoms with Gasteiger partial charge in [0.15, 0.2) is 0 Å². The van der Waals surface area contributed by atoms with Crippen LogP contribution in [0, 0.1) is 35.5 Å². The van der Waals surface area contributed by atoms with Gasteiger partial charge in [-0.2, -0.15) is 0 Å². The van der Waals surface area contributed by atoms with Crippen molar-refractivity contribution in [2.45, 2.75) is 243 Å². The van der Waals surface area contributed by atoms with Crippen LogP contribution in [0.1, 0.15) is 237 Å². The van der Waals surface area contributed by atoms with E-state index in [1.54, 1.807) is 11.8 Å². The van der Waals surface area contributed by atoms with E-state index in [-0.39, 0.29) is 17.3 Å². The third-order valence-electron chi connectivity index (χ3n) is 22.9. The fourth-order valence-corrected chi connectivity index (χ4v) is 18.0. The van der Waals surface area contributed by atoms with Gasteiger partial charge in [-0.1, -0.05) is 213 Å². The van der Waals surface area contributed by atoms with Crippen LogP contribution in [0.25, 0.3) is 0 Å². The summed E-state index contributed by atoms with van der Waals surface area (Å²) in [6, 6.07) is 56.4. The number of amides is 1. The molecule has 6 aromatic carbocycles. The molecule has 3 N–H and O–H groups in total. The Balaban J connectivity index is 0.000000185. The van der Waals surface area contributed by atoms with Crippen LogP contribution in [0.5, 0.6) is 0 Å². The van der Waals surface area contributed by atoms with Crippen LogP contribution in [-0.4, -0.2) is 167 Å². The zero-order chi connectivity index (χ0) is 80.0. The summed E-state index contributed by atoms with van der Waals surface area (Å²) in [4.78, 5) is 26.9. The van der Waals surface area contributed by atoms with Gasteiger partial charge in [0, 0.05) is 106 Å². The number of hydrogen-bond donors (Lipinski definition) is 3. The molecular formula is C99H157N9O2S. The molecule has 4 unspecified atom stereocenters. The molecule has 1 amide bonds. The van der Waals surface area contributed by atoms with Crippen molar-refractivity contribution < 1.29 is 9.53 Å². The van der Waals surface area contributed by atoms with Crippen molar-refractivity contribution in [3.05, 3.63) is 196 Å². The zero-order valence-electron chi connectivity index (χ0n) is 73.3. The highest BCUT2D eigenvalue weighted by Crippen LogP contribution is 2.35. The van der Waals surface area contributed by atoms with Gasteiger partial charge in [0.2, 0.25) is 5.91 Å². The van der Waals surface area contributed by atoms with Crippen molar-refractivity contribution in [2.75, 3.05) is 139 Å². The maximum atomic E-state index is 12.3. The molecule has 6 aliphatic heterocycles. The van der Waals surface area contributed by atoms with Gasteiger partial charge in [-0.3, -0.25) is 9.69 Å². The molecule has 0 aliphatic carbocycles. The third kappa shape index (κ3) is 33.2. The Bertz CT molecular complexity index is 3320. The number of benzene rings is 6. The summed E-state index contributed by atoms with van der Waals surface area (Å²) in [5.74, 6) is 6.43. The SMILES string of the molecule is CCN(c1ccc(CC(C)C)cc1)C1CCCNC1.CCN(c1ccc(CC(C)C)cc1)C1CCNCC1.CCN1CCC(Nc2ccc(CC(C)C)cc2)CC1.CCN1CCC(c2ccc(CC(C)C)cc2)C1.CCN1CCOC(c2ccc(CC(C)C)cc2)C1.CCN1CCSC(c2ccc(CC(C)C)cc2)C1=O. The zero-order valence-corrected chi connectivity index (χ0v) is 74.1. The van der Waals surface area contributed by atoms with Crippen LogP contribution in [-0.2, 0) is 48.1 Å². The van der Waals surface area contributed by atoms with Gasteiger partial charge in [-0.25, -0.2) is 0 Å². The molecule has 0 saturated carbocycles. The lowest BCUT2D eigenvalue weighted by Crippen LogP contribution is -2.46. The highest BCUT2D eigenvalue weighted by molar-refractivity contribution is 8.00. The minimum absolute atomic E-state index is 0.00167. The number of anilines is 3. The van der Waals surface area contributed by atoms with E-state index < -0.39 is 0 Å². The number of likely N-dealkylation sites (tertiary alicyclic amines) is 2. The highest BCUT2D eigenvalue weighted by Gasteiger charge is 2.30. The van der Waals surface area contributed by atoms with Gasteiger partial charge < -0.3 is 45.2 Å². The first-order valence-corrected chi connectivity index (χ1v) is 45.6. The maximum absolute atomic E-state index is 12.3. The van der Waals surface area contributed by atoms with Crippen molar-refractivity contribution in [3.8, 4) is 0 Å². The van der Waals surface area contributed by atoms with Gasteiger partial charge in [0.25, 0.3) is 0 Å². The molecule has 6 fully saturated rings. The van der Waals surface area contributed by atoms with Crippen molar-refractivity contribution >= 4 is 34.7 Å². The molecule has 0 aromatic heterocycles. The van der Waals surface area contributed by atoms with Gasteiger partial charge in [0.05, 0.1) is 12.7 Å². The van der Waals surface area contributed by atoms with Crippen molar-refractivity contribution in [3.63, 3.8) is 0 Å². The molecule has 12 rings (SSSR count). The second-order valence-corrected chi connectivity index (χ2v) is 36.3. The number of morpholine rings is 1. The number of nitrogens with one attached hydrogen (secondary N) is 3. The average Bonchev–Trinajstić information content (AvgIpc) is 0.871. The standard InChI is InChI=1S/3C17H28N2.C16H23NOS.C16H25NO.C16H25N/c1-4-19-11-9-17(10-12-19)18-16-7-5-15(6-8-16)13-14(2)3;1-4-19(17-9-11-18-12-10-17)16-7-5-15(6-8-16)13-14(2)3;1-4-19(17-6-5-11-18-13-17)16-9-7-15(8-10-16)12-14(2)3;1-4-17-9-10-19-15(16(17)18)14-7-5-13(6-8-14)11-12(2)3;1-4-17-9-10-18-16(12-17)15-7-5-14(6-8-15)11-13(2)3;1-4-17-10-9-16(12-17)15-7-5-14(6-8-15)11-13(2)3/h2*5-8,14,17-18H,4,9-13H2,1-3H3;7-10,14,17-18H,4-6,11-13H2,1-3H3;5-8,12,15H,4,9-11H2,1-3H3;5-8,13,16H,4,9-12H2,1-3H3;5-8,13,16H,4,9-12H2,1-3H3. The summed E-state index contributed by atoms with van der Waals surface area (Å²) in [7, 11) is 0. The number of rotatable bonds is 27. The Morgan fingerprint density at radius 3 is 1.25 bits per heavy atom. The summed E-state index contributed by atoms with van der Waals surface area (Å²) >= 11 is 1.77. The molecule has 4 atom stereocenters. The number of nitrogens with zero attached hydrogens (tertiary/aromatic N) is 6.